The Morgan fingerprint density at radius 3 is 2.60 bits per heavy atom. The molecule has 25 heavy (non-hydrogen) atoms. The van der Waals surface area contributed by atoms with Gasteiger partial charge in [-0.1, -0.05) is 55.5 Å². The Morgan fingerprint density at radius 1 is 1.16 bits per heavy atom. The smallest absolute Gasteiger partial charge is 0.223 e. The Balaban J connectivity index is 1.88. The zero-order valence-electron chi connectivity index (χ0n) is 15.2. The highest BCUT2D eigenvalue weighted by molar-refractivity contribution is 5.78. The minimum absolute atomic E-state index is 0.0158. The molecule has 1 aliphatic rings. The molecule has 2 aromatic rings. The fourth-order valence-corrected chi connectivity index (χ4v) is 3.77. The molecule has 1 fully saturated rings. The third-order valence-electron chi connectivity index (χ3n) is 5.10. The van der Waals surface area contributed by atoms with E-state index in [1.54, 1.807) is 7.11 Å². The molecule has 3 rings (SSSR count). The van der Waals surface area contributed by atoms with Gasteiger partial charge in [-0.2, -0.15) is 0 Å². The van der Waals surface area contributed by atoms with Crippen LogP contribution in [0.15, 0.2) is 54.6 Å². The van der Waals surface area contributed by atoms with Gasteiger partial charge in [0.15, 0.2) is 0 Å². The van der Waals surface area contributed by atoms with Crippen molar-refractivity contribution in [3.05, 3.63) is 65.7 Å². The van der Waals surface area contributed by atoms with E-state index in [-0.39, 0.29) is 11.8 Å². The van der Waals surface area contributed by atoms with Gasteiger partial charge in [0.1, 0.15) is 5.75 Å². The van der Waals surface area contributed by atoms with Gasteiger partial charge in [-0.15, -0.1) is 0 Å². The molecule has 0 aliphatic carbocycles. The van der Waals surface area contributed by atoms with Gasteiger partial charge in [0.25, 0.3) is 0 Å². The summed E-state index contributed by atoms with van der Waals surface area (Å²) >= 11 is 0. The molecule has 1 amide bonds. The number of hydrogen-bond donors (Lipinski definition) is 0. The van der Waals surface area contributed by atoms with Crippen LogP contribution in [-0.2, 0) is 4.79 Å². The molecule has 0 bridgehead atoms. The number of carbonyl (C=O) groups is 1. The number of para-hydroxylation sites is 1. The van der Waals surface area contributed by atoms with Crippen LogP contribution in [0.5, 0.6) is 5.75 Å². The molecule has 132 valence electrons. The van der Waals surface area contributed by atoms with Gasteiger partial charge in [-0.05, 0) is 30.4 Å². The quantitative estimate of drug-likeness (QED) is 0.805. The van der Waals surface area contributed by atoms with Crippen LogP contribution in [0.3, 0.4) is 0 Å². The molecule has 0 saturated carbocycles. The number of benzene rings is 2. The predicted octanol–water partition coefficient (Wildman–Crippen LogP) is 4.48. The average molecular weight is 337 g/mol. The van der Waals surface area contributed by atoms with Crippen molar-refractivity contribution in [2.75, 3.05) is 20.2 Å². The normalized spacial score (nSPS) is 18.6. The van der Waals surface area contributed by atoms with Crippen molar-refractivity contribution in [2.45, 2.75) is 32.1 Å². The first kappa shape index (κ1) is 17.5. The second-order valence-corrected chi connectivity index (χ2v) is 7.00. The lowest BCUT2D eigenvalue weighted by atomic mass is 9.87. The second kappa shape index (κ2) is 8.19. The topological polar surface area (TPSA) is 29.5 Å². The predicted molar refractivity (Wildman–Crippen MR) is 101 cm³/mol. The molecule has 1 heterocycles. The van der Waals surface area contributed by atoms with Crippen molar-refractivity contribution in [3.63, 3.8) is 0 Å². The monoisotopic (exact) mass is 337 g/mol. The van der Waals surface area contributed by atoms with E-state index in [1.165, 1.54) is 6.42 Å². The van der Waals surface area contributed by atoms with Crippen LogP contribution in [0.1, 0.15) is 43.2 Å². The minimum Gasteiger partial charge on any atom is -0.496 e. The lowest BCUT2D eigenvalue weighted by molar-refractivity contribution is -0.133. The fourth-order valence-electron chi connectivity index (χ4n) is 3.77. The van der Waals surface area contributed by atoms with E-state index in [0.717, 1.165) is 36.4 Å². The summed E-state index contributed by atoms with van der Waals surface area (Å²) in [7, 11) is 1.69. The summed E-state index contributed by atoms with van der Waals surface area (Å²) in [6, 6.07) is 18.3. The van der Waals surface area contributed by atoms with E-state index in [4.69, 9.17) is 4.74 Å². The highest BCUT2D eigenvalue weighted by atomic mass is 16.5. The van der Waals surface area contributed by atoms with Gasteiger partial charge in [0.2, 0.25) is 5.91 Å². The molecule has 3 heteroatoms. The summed E-state index contributed by atoms with van der Waals surface area (Å²) in [6.07, 6.45) is 2.81. The number of carbonyl (C=O) groups excluding carboxylic acids is 1. The van der Waals surface area contributed by atoms with Gasteiger partial charge < -0.3 is 9.64 Å². The molecule has 1 saturated heterocycles. The average Bonchev–Trinajstić information content (AvgIpc) is 2.66. The lowest BCUT2D eigenvalue weighted by Gasteiger charge is -2.32. The summed E-state index contributed by atoms with van der Waals surface area (Å²) < 4.78 is 5.57. The Kier molecular flexibility index (Phi) is 5.75. The highest BCUT2D eigenvalue weighted by Gasteiger charge is 2.26. The Hall–Kier alpha value is -2.29. The minimum atomic E-state index is 0.0158. The number of likely N-dealkylation sites (tertiary alicyclic amines) is 1. The molecule has 0 radical (unpaired) electrons. The summed E-state index contributed by atoms with van der Waals surface area (Å²) in [5.41, 5.74) is 2.24. The van der Waals surface area contributed by atoms with Crippen molar-refractivity contribution < 1.29 is 9.53 Å². The van der Waals surface area contributed by atoms with Gasteiger partial charge in [-0.3, -0.25) is 4.79 Å². The van der Waals surface area contributed by atoms with Crippen LogP contribution in [0.2, 0.25) is 0 Å². The van der Waals surface area contributed by atoms with E-state index in [2.05, 4.69) is 25.1 Å². The van der Waals surface area contributed by atoms with Crippen molar-refractivity contribution >= 4 is 5.91 Å². The largest absolute Gasteiger partial charge is 0.496 e. The Bertz CT molecular complexity index is 698. The second-order valence-electron chi connectivity index (χ2n) is 7.00. The molecule has 1 aliphatic heterocycles. The van der Waals surface area contributed by atoms with Gasteiger partial charge in [-0.25, -0.2) is 0 Å². The molecule has 2 unspecified atom stereocenters. The molecule has 3 nitrogen and oxygen atoms in total. The van der Waals surface area contributed by atoms with Crippen LogP contribution in [0.4, 0.5) is 0 Å². The Morgan fingerprint density at radius 2 is 1.88 bits per heavy atom. The van der Waals surface area contributed by atoms with Crippen LogP contribution in [0, 0.1) is 5.92 Å². The van der Waals surface area contributed by atoms with Crippen LogP contribution in [0.25, 0.3) is 0 Å². The van der Waals surface area contributed by atoms with Gasteiger partial charge in [0.05, 0.1) is 7.11 Å². The maximum Gasteiger partial charge on any atom is 0.223 e. The third kappa shape index (κ3) is 4.22. The van der Waals surface area contributed by atoms with Crippen LogP contribution < -0.4 is 4.74 Å². The molecule has 0 spiro atoms. The highest BCUT2D eigenvalue weighted by Crippen LogP contribution is 2.35. The number of methoxy groups -OCH3 is 1. The summed E-state index contributed by atoms with van der Waals surface area (Å²) in [6.45, 7) is 4.00. The molecule has 0 N–H and O–H groups in total. The first-order valence-corrected chi connectivity index (χ1v) is 9.14. The third-order valence-corrected chi connectivity index (χ3v) is 5.10. The van der Waals surface area contributed by atoms with Crippen molar-refractivity contribution in [1.29, 1.82) is 0 Å². The van der Waals surface area contributed by atoms with E-state index in [9.17, 15) is 4.79 Å². The maximum absolute atomic E-state index is 13.0. The van der Waals surface area contributed by atoms with E-state index in [1.807, 2.05) is 41.3 Å². The van der Waals surface area contributed by atoms with Gasteiger partial charge in [0, 0.05) is 31.0 Å². The van der Waals surface area contributed by atoms with E-state index < -0.39 is 0 Å². The number of hydrogen-bond acceptors (Lipinski definition) is 2. The summed E-state index contributed by atoms with van der Waals surface area (Å²) in [5.74, 6) is 1.70. The Labute approximate surface area is 150 Å². The maximum atomic E-state index is 13.0. The fraction of sp³-hybridized carbons (Fsp3) is 0.409. The molecule has 2 aromatic carbocycles. The summed E-state index contributed by atoms with van der Waals surface area (Å²) in [4.78, 5) is 15.0. The number of ether oxygens (including phenoxy) is 1. The van der Waals surface area contributed by atoms with Gasteiger partial charge >= 0.3 is 0 Å². The molecular formula is C22H27NO2. The first-order chi connectivity index (χ1) is 12.2. The SMILES string of the molecule is COc1ccccc1C(CC(=O)N1CCCC(C)C1)c1ccccc1. The summed E-state index contributed by atoms with van der Waals surface area (Å²) in [5, 5.41) is 0. The molecular weight excluding hydrogens is 310 g/mol. The van der Waals surface area contributed by atoms with E-state index in [0.29, 0.717) is 12.3 Å². The zero-order valence-corrected chi connectivity index (χ0v) is 15.2. The van der Waals surface area contributed by atoms with Crippen molar-refractivity contribution in [2.24, 2.45) is 5.92 Å². The lowest BCUT2D eigenvalue weighted by Crippen LogP contribution is -2.39. The first-order valence-electron chi connectivity index (χ1n) is 9.14. The zero-order chi connectivity index (χ0) is 17.6. The van der Waals surface area contributed by atoms with Crippen LogP contribution >= 0.6 is 0 Å². The molecule has 0 aromatic heterocycles. The standard InChI is InChI=1S/C22H27NO2/c1-17-9-8-14-23(16-17)22(24)15-20(18-10-4-3-5-11-18)19-12-6-7-13-21(19)25-2/h3-7,10-13,17,20H,8-9,14-16H2,1-2H3. The molecule has 2 atom stereocenters. The number of piperidine rings is 1. The number of nitrogens with zero attached hydrogens (tertiary/aromatic N) is 1. The van der Waals surface area contributed by atoms with Crippen LogP contribution in [-0.4, -0.2) is 31.0 Å². The number of amides is 1. The number of rotatable bonds is 5. The van der Waals surface area contributed by atoms with Crippen molar-refractivity contribution in [1.82, 2.24) is 4.90 Å². The van der Waals surface area contributed by atoms with Crippen molar-refractivity contribution in [3.8, 4) is 5.75 Å². The van der Waals surface area contributed by atoms with E-state index >= 15 is 0 Å².